The van der Waals surface area contributed by atoms with E-state index < -0.39 is 0 Å². The first-order valence-electron chi connectivity index (χ1n) is 8.95. The summed E-state index contributed by atoms with van der Waals surface area (Å²) < 4.78 is 6.97. The summed E-state index contributed by atoms with van der Waals surface area (Å²) in [5, 5.41) is 11.3. The second-order valence-electron chi connectivity index (χ2n) is 6.47. The molecule has 0 bridgehead atoms. The number of benzene rings is 1. The zero-order chi connectivity index (χ0) is 18.4. The van der Waals surface area contributed by atoms with Gasteiger partial charge in [0.15, 0.2) is 11.5 Å². The van der Waals surface area contributed by atoms with Gasteiger partial charge in [-0.05, 0) is 17.9 Å². The Morgan fingerprint density at radius 1 is 1.15 bits per heavy atom. The summed E-state index contributed by atoms with van der Waals surface area (Å²) in [6.45, 7) is 6.41. The number of hydrogen-bond donors (Lipinski definition) is 2. The van der Waals surface area contributed by atoms with E-state index in [-0.39, 0.29) is 0 Å². The van der Waals surface area contributed by atoms with E-state index in [4.69, 9.17) is 4.74 Å². The normalized spacial score (nSPS) is 11.2. The molecule has 0 saturated heterocycles. The molecular weight excluding hydrogens is 328 g/mol. The van der Waals surface area contributed by atoms with Crippen molar-refractivity contribution in [3.05, 3.63) is 47.8 Å². The number of nitrogens with one attached hydrogen (secondary N) is 2. The number of hydrogen-bond acceptors (Lipinski definition) is 6. The Kier molecular flexibility index (Phi) is 6.01. The van der Waals surface area contributed by atoms with Crippen molar-refractivity contribution < 1.29 is 4.74 Å². The number of fused-ring (bicyclic) bond motifs is 1. The highest BCUT2D eigenvalue weighted by atomic mass is 16.5. The second-order valence-corrected chi connectivity index (χ2v) is 6.47. The van der Waals surface area contributed by atoms with Crippen molar-refractivity contribution in [1.29, 1.82) is 0 Å². The fraction of sp³-hybridized carbons (Fsp3) is 0.421. The third kappa shape index (κ3) is 4.29. The van der Waals surface area contributed by atoms with Crippen LogP contribution in [0.15, 0.2) is 36.5 Å². The first-order chi connectivity index (χ1) is 12.7. The molecule has 7 nitrogen and oxygen atoms in total. The fourth-order valence-electron chi connectivity index (χ4n) is 2.68. The van der Waals surface area contributed by atoms with Gasteiger partial charge in [0, 0.05) is 26.8 Å². The molecule has 0 aliphatic carbocycles. The predicted molar refractivity (Wildman–Crippen MR) is 104 cm³/mol. The maximum absolute atomic E-state index is 5.09. The van der Waals surface area contributed by atoms with Crippen molar-refractivity contribution in [2.45, 2.75) is 32.7 Å². The molecule has 3 rings (SSSR count). The molecule has 0 saturated carbocycles. The van der Waals surface area contributed by atoms with Crippen LogP contribution in [0.5, 0.6) is 0 Å². The summed E-state index contributed by atoms with van der Waals surface area (Å²) in [7, 11) is 1.70. The topological polar surface area (TPSA) is 76.4 Å². The number of nitrogens with zero attached hydrogens (tertiary/aromatic N) is 4. The quantitative estimate of drug-likeness (QED) is 0.574. The monoisotopic (exact) mass is 354 g/mol. The molecule has 1 aromatic carbocycles. The molecule has 0 amide bonds. The van der Waals surface area contributed by atoms with Gasteiger partial charge in [0.1, 0.15) is 0 Å². The molecule has 7 heteroatoms. The molecule has 0 aliphatic heterocycles. The molecule has 26 heavy (non-hydrogen) atoms. The van der Waals surface area contributed by atoms with Crippen molar-refractivity contribution in [2.75, 3.05) is 30.9 Å². The lowest BCUT2D eigenvalue weighted by atomic mass is 10.2. The Hall–Kier alpha value is -2.67. The molecular formula is C19H26N6O. The highest BCUT2D eigenvalue weighted by Gasteiger charge is 2.14. The summed E-state index contributed by atoms with van der Waals surface area (Å²) in [6, 6.07) is 10.2. The van der Waals surface area contributed by atoms with Crippen LogP contribution < -0.4 is 10.6 Å². The highest BCUT2D eigenvalue weighted by Crippen LogP contribution is 2.21. The van der Waals surface area contributed by atoms with Crippen LogP contribution in [-0.2, 0) is 11.3 Å². The van der Waals surface area contributed by atoms with Gasteiger partial charge in [-0.1, -0.05) is 44.2 Å². The van der Waals surface area contributed by atoms with Crippen LogP contribution in [0, 0.1) is 0 Å². The predicted octanol–water partition coefficient (Wildman–Crippen LogP) is 3.31. The van der Waals surface area contributed by atoms with Crippen molar-refractivity contribution in [3.63, 3.8) is 0 Å². The zero-order valence-electron chi connectivity index (χ0n) is 15.6. The fourth-order valence-corrected chi connectivity index (χ4v) is 2.68. The Balaban J connectivity index is 1.86. The molecule has 2 N–H and O–H groups in total. The van der Waals surface area contributed by atoms with E-state index in [2.05, 4.69) is 51.7 Å². The smallest absolute Gasteiger partial charge is 0.243 e. The number of ether oxygens (including phenoxy) is 1. The third-order valence-corrected chi connectivity index (χ3v) is 4.09. The van der Waals surface area contributed by atoms with Gasteiger partial charge in [0.25, 0.3) is 0 Å². The van der Waals surface area contributed by atoms with Crippen molar-refractivity contribution >= 4 is 17.4 Å². The van der Waals surface area contributed by atoms with Gasteiger partial charge in [-0.3, -0.25) is 0 Å². The van der Waals surface area contributed by atoms with E-state index >= 15 is 0 Å². The lowest BCUT2D eigenvalue weighted by molar-refractivity contribution is 0.197. The number of anilines is 2. The number of imidazole rings is 1. The minimum Gasteiger partial charge on any atom is -0.385 e. The molecule has 0 aliphatic rings. The van der Waals surface area contributed by atoms with Crippen LogP contribution >= 0.6 is 0 Å². The average molecular weight is 354 g/mol. The lowest BCUT2D eigenvalue weighted by Gasteiger charge is -2.12. The van der Waals surface area contributed by atoms with Crippen LogP contribution in [0.2, 0.25) is 0 Å². The summed E-state index contributed by atoms with van der Waals surface area (Å²) in [5.74, 6) is 1.64. The Morgan fingerprint density at radius 2 is 1.96 bits per heavy atom. The number of methoxy groups -OCH3 is 1. The zero-order valence-corrected chi connectivity index (χ0v) is 15.6. The first-order valence-corrected chi connectivity index (χ1v) is 8.95. The second kappa shape index (κ2) is 8.62. The number of aromatic nitrogens is 4. The van der Waals surface area contributed by atoms with Gasteiger partial charge < -0.3 is 15.4 Å². The molecule has 138 valence electrons. The largest absolute Gasteiger partial charge is 0.385 e. The van der Waals surface area contributed by atoms with Gasteiger partial charge in [-0.2, -0.15) is 4.98 Å². The van der Waals surface area contributed by atoms with Crippen LogP contribution in [0.1, 0.15) is 37.4 Å². The van der Waals surface area contributed by atoms with E-state index in [0.717, 1.165) is 30.1 Å². The van der Waals surface area contributed by atoms with Crippen LogP contribution in [-0.4, -0.2) is 39.8 Å². The first kappa shape index (κ1) is 18.1. The van der Waals surface area contributed by atoms with Crippen LogP contribution in [0.25, 0.3) is 5.65 Å². The Bertz CT molecular complexity index is 831. The van der Waals surface area contributed by atoms with E-state index in [1.165, 1.54) is 5.56 Å². The van der Waals surface area contributed by atoms with E-state index in [9.17, 15) is 0 Å². The third-order valence-electron chi connectivity index (χ3n) is 4.09. The van der Waals surface area contributed by atoms with Gasteiger partial charge in [0.05, 0.1) is 11.9 Å². The summed E-state index contributed by atoms with van der Waals surface area (Å²) in [5.41, 5.74) is 2.99. The SMILES string of the molecule is COCCCNc1nc(NCc2ccccc2)c2ncc(C(C)C)n2n1. The maximum Gasteiger partial charge on any atom is 0.243 e. The van der Waals surface area contributed by atoms with Gasteiger partial charge in [-0.25, -0.2) is 9.50 Å². The average Bonchev–Trinajstić information content (AvgIpc) is 3.08. The molecule has 0 fully saturated rings. The molecule has 2 heterocycles. The summed E-state index contributed by atoms with van der Waals surface area (Å²) >= 11 is 0. The van der Waals surface area contributed by atoms with E-state index in [0.29, 0.717) is 25.0 Å². The van der Waals surface area contributed by atoms with Gasteiger partial charge in [0.2, 0.25) is 5.95 Å². The molecule has 0 spiro atoms. The van der Waals surface area contributed by atoms with Gasteiger partial charge in [-0.15, -0.1) is 5.10 Å². The standard InChI is InChI=1S/C19H26N6O/c1-14(2)16-13-22-18-17(21-12-15-8-5-4-6-9-15)23-19(24-25(16)18)20-10-7-11-26-3/h4-6,8-9,13-14H,7,10-12H2,1-3H3,(H2,20,21,23,24). The maximum atomic E-state index is 5.09. The minimum absolute atomic E-state index is 0.322. The molecule has 2 aromatic heterocycles. The van der Waals surface area contributed by atoms with Crippen LogP contribution in [0.3, 0.4) is 0 Å². The summed E-state index contributed by atoms with van der Waals surface area (Å²) in [4.78, 5) is 9.16. The van der Waals surface area contributed by atoms with Gasteiger partial charge >= 0.3 is 0 Å². The Morgan fingerprint density at radius 3 is 2.69 bits per heavy atom. The van der Waals surface area contributed by atoms with Crippen molar-refractivity contribution in [2.24, 2.45) is 0 Å². The van der Waals surface area contributed by atoms with Crippen LogP contribution in [0.4, 0.5) is 11.8 Å². The summed E-state index contributed by atoms with van der Waals surface area (Å²) in [6.07, 6.45) is 2.77. The Labute approximate surface area is 153 Å². The minimum atomic E-state index is 0.322. The molecule has 3 aromatic rings. The lowest BCUT2D eigenvalue weighted by Crippen LogP contribution is -2.13. The molecule has 0 radical (unpaired) electrons. The molecule has 0 unspecified atom stereocenters. The molecule has 0 atom stereocenters. The highest BCUT2D eigenvalue weighted by molar-refractivity contribution is 5.64. The van der Waals surface area contributed by atoms with Crippen molar-refractivity contribution in [3.8, 4) is 0 Å². The van der Waals surface area contributed by atoms with E-state index in [1.54, 1.807) is 7.11 Å². The van der Waals surface area contributed by atoms with Crippen molar-refractivity contribution in [1.82, 2.24) is 19.6 Å². The number of rotatable bonds is 9. The van der Waals surface area contributed by atoms with E-state index in [1.807, 2.05) is 28.9 Å².